The number of hydrogen-bond donors (Lipinski definition) is 0. The van der Waals surface area contributed by atoms with Gasteiger partial charge in [-0.15, -0.1) is 0 Å². The van der Waals surface area contributed by atoms with Gasteiger partial charge in [0.05, 0.1) is 22.1 Å². The van der Waals surface area contributed by atoms with Crippen molar-refractivity contribution in [2.45, 2.75) is 0 Å². The summed E-state index contributed by atoms with van der Waals surface area (Å²) in [6.45, 7) is 0. The average molecular weight is 346 g/mol. The first kappa shape index (κ1) is 13.6. The van der Waals surface area contributed by atoms with Crippen LogP contribution in [-0.2, 0) is 0 Å². The van der Waals surface area contributed by atoms with Crippen molar-refractivity contribution in [3.05, 3.63) is 75.8 Å². The SMILES string of the molecule is O=c1c(Br)cc(-c2ccccn2)cn1-c1ccc(F)nc1. The molecule has 0 radical (unpaired) electrons. The third-order valence-corrected chi connectivity index (χ3v) is 3.49. The van der Waals surface area contributed by atoms with Crippen molar-refractivity contribution in [3.63, 3.8) is 0 Å². The molecule has 0 atom stereocenters. The molecule has 0 aromatic carbocycles. The normalized spacial score (nSPS) is 10.6. The van der Waals surface area contributed by atoms with Gasteiger partial charge in [0.2, 0.25) is 5.95 Å². The summed E-state index contributed by atoms with van der Waals surface area (Å²) in [7, 11) is 0. The van der Waals surface area contributed by atoms with E-state index >= 15 is 0 Å². The molecule has 0 aliphatic heterocycles. The van der Waals surface area contributed by atoms with Crippen molar-refractivity contribution in [2.75, 3.05) is 0 Å². The molecule has 0 N–H and O–H groups in total. The van der Waals surface area contributed by atoms with E-state index in [1.165, 1.54) is 22.9 Å². The first-order chi connectivity index (χ1) is 10.1. The number of rotatable bonds is 2. The van der Waals surface area contributed by atoms with E-state index in [1.54, 1.807) is 18.5 Å². The lowest BCUT2D eigenvalue weighted by Crippen LogP contribution is -2.18. The Morgan fingerprint density at radius 2 is 2.00 bits per heavy atom. The van der Waals surface area contributed by atoms with Crippen molar-refractivity contribution in [1.29, 1.82) is 0 Å². The van der Waals surface area contributed by atoms with Crippen LogP contribution in [0.3, 0.4) is 0 Å². The van der Waals surface area contributed by atoms with E-state index in [0.29, 0.717) is 10.2 Å². The van der Waals surface area contributed by atoms with Crippen molar-refractivity contribution < 1.29 is 4.39 Å². The van der Waals surface area contributed by atoms with Gasteiger partial charge in [-0.2, -0.15) is 4.39 Å². The number of hydrogen-bond acceptors (Lipinski definition) is 3. The maximum Gasteiger partial charge on any atom is 0.269 e. The first-order valence-corrected chi connectivity index (χ1v) is 6.90. The Morgan fingerprint density at radius 3 is 2.67 bits per heavy atom. The highest BCUT2D eigenvalue weighted by molar-refractivity contribution is 9.10. The van der Waals surface area contributed by atoms with E-state index in [4.69, 9.17) is 0 Å². The van der Waals surface area contributed by atoms with Gasteiger partial charge in [-0.1, -0.05) is 6.07 Å². The molecule has 104 valence electrons. The van der Waals surface area contributed by atoms with Crippen LogP contribution in [0.4, 0.5) is 4.39 Å². The lowest BCUT2D eigenvalue weighted by Gasteiger charge is -2.09. The predicted molar refractivity (Wildman–Crippen MR) is 80.7 cm³/mol. The lowest BCUT2D eigenvalue weighted by atomic mass is 10.2. The van der Waals surface area contributed by atoms with Gasteiger partial charge in [-0.3, -0.25) is 14.3 Å². The van der Waals surface area contributed by atoms with Gasteiger partial charge < -0.3 is 0 Å². The van der Waals surface area contributed by atoms with Gasteiger partial charge in [-0.25, -0.2) is 4.98 Å². The summed E-state index contributed by atoms with van der Waals surface area (Å²) in [6.07, 6.45) is 4.65. The summed E-state index contributed by atoms with van der Waals surface area (Å²) in [6, 6.07) is 9.95. The van der Waals surface area contributed by atoms with Crippen LogP contribution in [0, 0.1) is 5.95 Å². The molecular formula is C15H9BrFN3O. The molecule has 3 aromatic heterocycles. The molecule has 0 aliphatic rings. The van der Waals surface area contributed by atoms with Crippen LogP contribution < -0.4 is 5.56 Å². The van der Waals surface area contributed by atoms with E-state index in [-0.39, 0.29) is 5.56 Å². The third-order valence-electron chi connectivity index (χ3n) is 2.92. The molecule has 3 aromatic rings. The molecule has 3 heterocycles. The van der Waals surface area contributed by atoms with Crippen molar-refractivity contribution in [3.8, 4) is 16.9 Å². The standard InChI is InChI=1S/C15H9BrFN3O/c16-12-7-10(13-3-1-2-6-18-13)9-20(15(12)21)11-4-5-14(17)19-8-11/h1-9H. The van der Waals surface area contributed by atoms with Gasteiger partial charge >= 0.3 is 0 Å². The second kappa shape index (κ2) is 5.57. The van der Waals surface area contributed by atoms with Crippen molar-refractivity contribution >= 4 is 15.9 Å². The van der Waals surface area contributed by atoms with E-state index in [9.17, 15) is 9.18 Å². The molecule has 0 bridgehead atoms. The quantitative estimate of drug-likeness (QED) is 0.670. The summed E-state index contributed by atoms with van der Waals surface area (Å²) >= 11 is 3.25. The monoisotopic (exact) mass is 345 g/mol. The van der Waals surface area contributed by atoms with Crippen LogP contribution in [0.5, 0.6) is 0 Å². The molecule has 0 saturated heterocycles. The molecule has 4 nitrogen and oxygen atoms in total. The fraction of sp³-hybridized carbons (Fsp3) is 0. The van der Waals surface area contributed by atoms with Crippen LogP contribution in [0.15, 0.2) is 64.3 Å². The molecule has 0 aliphatic carbocycles. The minimum atomic E-state index is -0.591. The Morgan fingerprint density at radius 1 is 1.14 bits per heavy atom. The van der Waals surface area contributed by atoms with Gasteiger partial charge in [0.25, 0.3) is 5.56 Å². The molecule has 0 amide bonds. The summed E-state index contributed by atoms with van der Waals surface area (Å²) < 4.78 is 14.7. The minimum absolute atomic E-state index is 0.247. The molecule has 0 saturated carbocycles. The van der Waals surface area contributed by atoms with Gasteiger partial charge in [0, 0.05) is 18.0 Å². The maximum absolute atomic E-state index is 12.9. The first-order valence-electron chi connectivity index (χ1n) is 6.11. The molecule has 0 spiro atoms. The largest absolute Gasteiger partial charge is 0.281 e. The summed E-state index contributed by atoms with van der Waals surface area (Å²) in [4.78, 5) is 20.0. The van der Waals surface area contributed by atoms with Crippen LogP contribution in [-0.4, -0.2) is 14.5 Å². The average Bonchev–Trinajstić information content (AvgIpc) is 2.52. The molecule has 0 fully saturated rings. The molecule has 6 heteroatoms. The number of nitrogens with zero attached hydrogens (tertiary/aromatic N) is 3. The molecule has 3 rings (SSSR count). The number of pyridine rings is 3. The zero-order valence-corrected chi connectivity index (χ0v) is 12.3. The predicted octanol–water partition coefficient (Wildman–Crippen LogP) is 3.20. The summed E-state index contributed by atoms with van der Waals surface area (Å²) in [5.41, 5.74) is 1.75. The van der Waals surface area contributed by atoms with Gasteiger partial charge in [0.1, 0.15) is 0 Å². The van der Waals surface area contributed by atoms with E-state index < -0.39 is 5.95 Å². The van der Waals surface area contributed by atoms with Crippen molar-refractivity contribution in [1.82, 2.24) is 14.5 Å². The second-order valence-electron chi connectivity index (χ2n) is 4.31. The van der Waals surface area contributed by atoms with E-state index in [1.807, 2.05) is 18.2 Å². The fourth-order valence-electron chi connectivity index (χ4n) is 1.92. The van der Waals surface area contributed by atoms with Gasteiger partial charge in [-0.05, 0) is 46.3 Å². The van der Waals surface area contributed by atoms with E-state index in [2.05, 4.69) is 25.9 Å². The summed E-state index contributed by atoms with van der Waals surface area (Å²) in [5, 5.41) is 0. The smallest absolute Gasteiger partial charge is 0.269 e. The highest BCUT2D eigenvalue weighted by Gasteiger charge is 2.09. The third kappa shape index (κ3) is 2.75. The zero-order valence-electron chi connectivity index (χ0n) is 10.7. The number of aromatic nitrogens is 3. The highest BCUT2D eigenvalue weighted by atomic mass is 79.9. The minimum Gasteiger partial charge on any atom is -0.281 e. The Balaban J connectivity index is 2.19. The molecular weight excluding hydrogens is 337 g/mol. The maximum atomic E-state index is 12.9. The highest BCUT2D eigenvalue weighted by Crippen LogP contribution is 2.20. The van der Waals surface area contributed by atoms with Crippen LogP contribution in [0.2, 0.25) is 0 Å². The Bertz CT molecular complexity index is 832. The van der Waals surface area contributed by atoms with Crippen LogP contribution in [0.25, 0.3) is 16.9 Å². The van der Waals surface area contributed by atoms with E-state index in [0.717, 1.165) is 11.3 Å². The van der Waals surface area contributed by atoms with Crippen molar-refractivity contribution in [2.24, 2.45) is 0 Å². The van der Waals surface area contributed by atoms with Crippen LogP contribution >= 0.6 is 15.9 Å². The molecule has 0 unspecified atom stereocenters. The van der Waals surface area contributed by atoms with Gasteiger partial charge in [0.15, 0.2) is 0 Å². The zero-order chi connectivity index (χ0) is 14.8. The van der Waals surface area contributed by atoms with Crippen LogP contribution in [0.1, 0.15) is 0 Å². The topological polar surface area (TPSA) is 47.8 Å². The Kier molecular flexibility index (Phi) is 3.62. The Hall–Kier alpha value is -2.34. The number of halogens is 2. The fourth-order valence-corrected chi connectivity index (χ4v) is 2.36. The Labute approximate surface area is 128 Å². The molecule has 21 heavy (non-hydrogen) atoms. The second-order valence-corrected chi connectivity index (χ2v) is 5.16. The summed E-state index contributed by atoms with van der Waals surface area (Å²) in [5.74, 6) is -0.591. The lowest BCUT2D eigenvalue weighted by molar-refractivity contribution is 0.583.